The van der Waals surface area contributed by atoms with Crippen molar-refractivity contribution in [3.8, 4) is 22.6 Å². The van der Waals surface area contributed by atoms with Gasteiger partial charge in [-0.2, -0.15) is 0 Å². The van der Waals surface area contributed by atoms with Crippen LogP contribution in [0.2, 0.25) is 0 Å². The Morgan fingerprint density at radius 3 is 2.28 bits per heavy atom. The summed E-state index contributed by atoms with van der Waals surface area (Å²) >= 11 is 0. The molecule has 0 spiro atoms. The monoisotopic (exact) mass is 337 g/mol. The third-order valence-corrected chi connectivity index (χ3v) is 4.47. The van der Waals surface area contributed by atoms with Gasteiger partial charge in [0.1, 0.15) is 17.6 Å². The van der Waals surface area contributed by atoms with Gasteiger partial charge < -0.3 is 14.4 Å². The Balaban J connectivity index is 1.66. The summed E-state index contributed by atoms with van der Waals surface area (Å²) in [6.07, 6.45) is 3.18. The standard InChI is InChI=1S/C21H23NO3/c1-3-21(23)22-12-10-18(11-13-22)25-20-9-5-7-17(15-20)16-6-4-8-19(14-16)24-2/h3-9,14-15,18H,1,10-13H2,2H3. The van der Waals surface area contributed by atoms with Crippen LogP contribution < -0.4 is 9.47 Å². The first kappa shape index (κ1) is 17.1. The molecule has 0 bridgehead atoms. The molecular weight excluding hydrogens is 314 g/mol. The largest absolute Gasteiger partial charge is 0.497 e. The normalized spacial score (nSPS) is 14.8. The molecule has 1 aliphatic rings. The molecule has 1 amide bonds. The summed E-state index contributed by atoms with van der Waals surface area (Å²) in [5, 5.41) is 0. The number of ether oxygens (including phenoxy) is 2. The summed E-state index contributed by atoms with van der Waals surface area (Å²) in [7, 11) is 1.67. The van der Waals surface area contributed by atoms with Gasteiger partial charge in [-0.1, -0.05) is 30.8 Å². The van der Waals surface area contributed by atoms with E-state index in [1.807, 2.05) is 35.2 Å². The summed E-state index contributed by atoms with van der Waals surface area (Å²) < 4.78 is 11.4. The minimum absolute atomic E-state index is 0.00141. The van der Waals surface area contributed by atoms with Crippen LogP contribution in [0.25, 0.3) is 11.1 Å². The van der Waals surface area contributed by atoms with E-state index in [-0.39, 0.29) is 12.0 Å². The lowest BCUT2D eigenvalue weighted by molar-refractivity contribution is -0.127. The highest BCUT2D eigenvalue weighted by Gasteiger charge is 2.22. The molecule has 0 atom stereocenters. The maximum Gasteiger partial charge on any atom is 0.245 e. The van der Waals surface area contributed by atoms with Crippen LogP contribution in [0.1, 0.15) is 12.8 Å². The molecule has 3 rings (SSSR count). The number of carbonyl (C=O) groups is 1. The molecule has 0 aromatic heterocycles. The van der Waals surface area contributed by atoms with Gasteiger partial charge in [0.2, 0.25) is 5.91 Å². The minimum atomic E-state index is -0.00141. The fourth-order valence-corrected chi connectivity index (χ4v) is 3.07. The smallest absolute Gasteiger partial charge is 0.245 e. The van der Waals surface area contributed by atoms with E-state index in [0.717, 1.165) is 35.5 Å². The number of hydrogen-bond acceptors (Lipinski definition) is 3. The zero-order valence-electron chi connectivity index (χ0n) is 14.5. The maximum absolute atomic E-state index is 11.6. The van der Waals surface area contributed by atoms with Crippen LogP contribution in [-0.2, 0) is 4.79 Å². The minimum Gasteiger partial charge on any atom is -0.497 e. The highest BCUT2D eigenvalue weighted by molar-refractivity contribution is 5.87. The van der Waals surface area contributed by atoms with E-state index in [9.17, 15) is 4.79 Å². The molecule has 0 N–H and O–H groups in total. The Hall–Kier alpha value is -2.75. The summed E-state index contributed by atoms with van der Waals surface area (Å²) in [5.41, 5.74) is 2.19. The Morgan fingerprint density at radius 1 is 1.08 bits per heavy atom. The molecule has 0 saturated carbocycles. The molecular formula is C21H23NO3. The zero-order chi connectivity index (χ0) is 17.6. The number of likely N-dealkylation sites (tertiary alicyclic amines) is 1. The van der Waals surface area contributed by atoms with Crippen molar-refractivity contribution >= 4 is 5.91 Å². The van der Waals surface area contributed by atoms with Crippen molar-refractivity contribution in [2.24, 2.45) is 0 Å². The van der Waals surface area contributed by atoms with Crippen LogP contribution in [0, 0.1) is 0 Å². The Labute approximate surface area is 148 Å². The topological polar surface area (TPSA) is 38.8 Å². The first-order valence-corrected chi connectivity index (χ1v) is 8.52. The SMILES string of the molecule is C=CC(=O)N1CCC(Oc2cccc(-c3cccc(OC)c3)c2)CC1. The first-order chi connectivity index (χ1) is 12.2. The quantitative estimate of drug-likeness (QED) is 0.776. The molecule has 25 heavy (non-hydrogen) atoms. The van der Waals surface area contributed by atoms with Gasteiger partial charge in [0, 0.05) is 25.9 Å². The molecule has 1 fully saturated rings. The molecule has 4 nitrogen and oxygen atoms in total. The van der Waals surface area contributed by atoms with E-state index in [0.29, 0.717) is 13.1 Å². The number of rotatable bonds is 5. The molecule has 0 radical (unpaired) electrons. The van der Waals surface area contributed by atoms with Crippen LogP contribution in [0.5, 0.6) is 11.5 Å². The Morgan fingerprint density at radius 2 is 1.68 bits per heavy atom. The van der Waals surface area contributed by atoms with E-state index in [4.69, 9.17) is 9.47 Å². The van der Waals surface area contributed by atoms with Gasteiger partial charge >= 0.3 is 0 Å². The number of hydrogen-bond donors (Lipinski definition) is 0. The van der Waals surface area contributed by atoms with Crippen molar-refractivity contribution in [1.82, 2.24) is 4.90 Å². The van der Waals surface area contributed by atoms with Crippen LogP contribution in [0.15, 0.2) is 61.2 Å². The number of methoxy groups -OCH3 is 1. The molecule has 0 aliphatic carbocycles. The summed E-state index contributed by atoms with van der Waals surface area (Å²) in [4.78, 5) is 13.5. The first-order valence-electron chi connectivity index (χ1n) is 8.52. The van der Waals surface area contributed by atoms with E-state index >= 15 is 0 Å². The number of carbonyl (C=O) groups excluding carboxylic acids is 1. The molecule has 2 aromatic rings. The highest BCUT2D eigenvalue weighted by Crippen LogP contribution is 2.28. The lowest BCUT2D eigenvalue weighted by Gasteiger charge is -2.31. The lowest BCUT2D eigenvalue weighted by Crippen LogP contribution is -2.41. The van der Waals surface area contributed by atoms with Gasteiger partial charge in [-0.25, -0.2) is 0 Å². The molecule has 2 aromatic carbocycles. The van der Waals surface area contributed by atoms with Gasteiger partial charge in [0.05, 0.1) is 7.11 Å². The second-order valence-corrected chi connectivity index (χ2v) is 6.11. The molecule has 0 unspecified atom stereocenters. The molecule has 1 aliphatic heterocycles. The summed E-state index contributed by atoms with van der Waals surface area (Å²) in [6, 6.07) is 16.1. The Kier molecular flexibility index (Phi) is 5.39. The van der Waals surface area contributed by atoms with Gasteiger partial charge in [0.15, 0.2) is 0 Å². The van der Waals surface area contributed by atoms with E-state index in [1.165, 1.54) is 6.08 Å². The average Bonchev–Trinajstić information content (AvgIpc) is 2.68. The van der Waals surface area contributed by atoms with Gasteiger partial charge in [-0.15, -0.1) is 0 Å². The van der Waals surface area contributed by atoms with E-state index in [2.05, 4.69) is 24.8 Å². The zero-order valence-corrected chi connectivity index (χ0v) is 14.5. The number of amides is 1. The lowest BCUT2D eigenvalue weighted by atomic mass is 10.0. The fraction of sp³-hybridized carbons (Fsp3) is 0.286. The van der Waals surface area contributed by atoms with Crippen LogP contribution >= 0.6 is 0 Å². The average molecular weight is 337 g/mol. The predicted molar refractivity (Wildman–Crippen MR) is 98.9 cm³/mol. The van der Waals surface area contributed by atoms with Crippen molar-refractivity contribution in [2.45, 2.75) is 18.9 Å². The Bertz CT molecular complexity index is 748. The van der Waals surface area contributed by atoms with Crippen molar-refractivity contribution in [3.63, 3.8) is 0 Å². The number of nitrogens with zero attached hydrogens (tertiary/aromatic N) is 1. The fourth-order valence-electron chi connectivity index (χ4n) is 3.07. The number of benzene rings is 2. The van der Waals surface area contributed by atoms with Gasteiger partial charge in [0.25, 0.3) is 0 Å². The molecule has 1 saturated heterocycles. The van der Waals surface area contributed by atoms with Crippen LogP contribution in [0.3, 0.4) is 0 Å². The molecule has 130 valence electrons. The highest BCUT2D eigenvalue weighted by atomic mass is 16.5. The van der Waals surface area contributed by atoms with Crippen molar-refractivity contribution < 1.29 is 14.3 Å². The van der Waals surface area contributed by atoms with Crippen LogP contribution in [-0.4, -0.2) is 37.1 Å². The van der Waals surface area contributed by atoms with Crippen molar-refractivity contribution in [3.05, 3.63) is 61.2 Å². The van der Waals surface area contributed by atoms with Crippen LogP contribution in [0.4, 0.5) is 0 Å². The van der Waals surface area contributed by atoms with E-state index < -0.39 is 0 Å². The second kappa shape index (κ2) is 7.88. The maximum atomic E-state index is 11.6. The van der Waals surface area contributed by atoms with Gasteiger partial charge in [-0.3, -0.25) is 4.79 Å². The van der Waals surface area contributed by atoms with Crippen molar-refractivity contribution in [1.29, 1.82) is 0 Å². The predicted octanol–water partition coefficient (Wildman–Crippen LogP) is 3.92. The second-order valence-electron chi connectivity index (χ2n) is 6.11. The molecule has 1 heterocycles. The third kappa shape index (κ3) is 4.21. The van der Waals surface area contributed by atoms with E-state index in [1.54, 1.807) is 7.11 Å². The van der Waals surface area contributed by atoms with Crippen molar-refractivity contribution in [2.75, 3.05) is 20.2 Å². The van der Waals surface area contributed by atoms with Gasteiger partial charge in [-0.05, 0) is 41.5 Å². The summed E-state index contributed by atoms with van der Waals surface area (Å²) in [5.74, 6) is 1.69. The molecule has 4 heteroatoms. The number of piperidine rings is 1. The third-order valence-electron chi connectivity index (χ3n) is 4.47. The summed E-state index contributed by atoms with van der Waals surface area (Å²) in [6.45, 7) is 4.97.